The molecule has 0 unspecified atom stereocenters. The lowest BCUT2D eigenvalue weighted by molar-refractivity contribution is 0.0696. The summed E-state index contributed by atoms with van der Waals surface area (Å²) < 4.78 is 80.5. The predicted octanol–water partition coefficient (Wildman–Crippen LogP) is 10.6. The number of nitrogens with zero attached hydrogens (tertiary/aromatic N) is 6. The zero-order valence-corrected chi connectivity index (χ0v) is 34.6. The fraction of sp³-hybridized carbons (Fsp3) is 0.0476. The molecule has 6 N–H and O–H groups in total. The van der Waals surface area contributed by atoms with Crippen LogP contribution in [-0.4, -0.2) is 67.4 Å². The molecule has 7 aromatic carbocycles. The minimum absolute atomic E-state index is 0.0103. The number of aromatic hydroxyl groups is 1. The van der Waals surface area contributed by atoms with Gasteiger partial charge < -0.3 is 30.1 Å². The number of carbonyl (C=O) groups is 2. The van der Waals surface area contributed by atoms with Crippen LogP contribution in [0.15, 0.2) is 156 Å². The van der Waals surface area contributed by atoms with Crippen LogP contribution in [0.3, 0.4) is 0 Å². The van der Waals surface area contributed by atoms with E-state index < -0.39 is 53.4 Å². The Balaban J connectivity index is 1.25. The van der Waals surface area contributed by atoms with Crippen LogP contribution >= 0.6 is 0 Å². The molecule has 7 aromatic rings. The van der Waals surface area contributed by atoms with E-state index in [0.29, 0.717) is 5.69 Å². The molecule has 324 valence electrons. The van der Waals surface area contributed by atoms with Gasteiger partial charge in [-0.25, -0.2) is 9.59 Å². The first-order valence-corrected chi connectivity index (χ1v) is 21.1. The molecule has 20 nitrogen and oxygen atoms in total. The molecule has 0 aliphatic rings. The molecule has 0 fully saturated rings. The topological polar surface area (TPSA) is 308 Å². The highest BCUT2D eigenvalue weighted by Gasteiger charge is 2.23. The lowest BCUT2D eigenvalue weighted by Gasteiger charge is -2.12. The predicted molar refractivity (Wildman–Crippen MR) is 231 cm³/mol. The second kappa shape index (κ2) is 17.7. The molecule has 0 spiro atoms. The van der Waals surface area contributed by atoms with E-state index in [-0.39, 0.29) is 72.6 Å². The van der Waals surface area contributed by atoms with Crippen LogP contribution in [0, 0.1) is 0 Å². The molecular formula is C42H31N7O13S2. The number of rotatable bonds is 14. The Morgan fingerprint density at radius 3 is 1.69 bits per heavy atom. The van der Waals surface area contributed by atoms with Gasteiger partial charge in [-0.2, -0.15) is 21.9 Å². The highest BCUT2D eigenvalue weighted by Crippen LogP contribution is 2.45. The van der Waals surface area contributed by atoms with Crippen LogP contribution in [0.5, 0.6) is 17.2 Å². The first-order chi connectivity index (χ1) is 30.4. The van der Waals surface area contributed by atoms with Gasteiger partial charge in [0.25, 0.3) is 20.2 Å². The highest BCUT2D eigenvalue weighted by atomic mass is 32.2. The first kappa shape index (κ1) is 43.9. The lowest BCUT2D eigenvalue weighted by Crippen LogP contribution is -2.01. The molecule has 0 saturated carbocycles. The molecule has 0 atom stereocenters. The molecule has 0 aliphatic carbocycles. The van der Waals surface area contributed by atoms with Crippen molar-refractivity contribution in [1.82, 2.24) is 0 Å². The van der Waals surface area contributed by atoms with E-state index in [1.54, 1.807) is 12.1 Å². The van der Waals surface area contributed by atoms with Crippen LogP contribution < -0.4 is 14.8 Å². The van der Waals surface area contributed by atoms with Gasteiger partial charge in [-0.15, -0.1) is 25.6 Å². The highest BCUT2D eigenvalue weighted by molar-refractivity contribution is 7.86. The van der Waals surface area contributed by atoms with Crippen LogP contribution in [-0.2, 0) is 20.2 Å². The minimum atomic E-state index is -4.96. The van der Waals surface area contributed by atoms with Gasteiger partial charge in [0.15, 0.2) is 5.75 Å². The first-order valence-electron chi connectivity index (χ1n) is 18.2. The number of aromatic carboxylic acids is 2. The number of benzene rings is 7. The number of nitrogens with one attached hydrogen (secondary N) is 1. The summed E-state index contributed by atoms with van der Waals surface area (Å²) in [7, 11) is -7.09. The van der Waals surface area contributed by atoms with E-state index in [4.69, 9.17) is 9.47 Å². The fourth-order valence-corrected chi connectivity index (χ4v) is 7.47. The van der Waals surface area contributed by atoms with Crippen molar-refractivity contribution in [3.8, 4) is 17.2 Å². The number of fused-ring (bicyclic) bond motifs is 2. The van der Waals surface area contributed by atoms with E-state index in [1.807, 2.05) is 30.3 Å². The molecule has 0 bridgehead atoms. The molecule has 64 heavy (non-hydrogen) atoms. The number of phenolic OH excluding ortho intramolecular Hbond substituents is 1. The molecule has 7 rings (SSSR count). The fourth-order valence-electron chi connectivity index (χ4n) is 6.30. The number of carboxylic acids is 2. The Bertz CT molecular complexity index is 3330. The van der Waals surface area contributed by atoms with Crippen molar-refractivity contribution in [2.24, 2.45) is 30.7 Å². The van der Waals surface area contributed by atoms with Crippen LogP contribution in [0.25, 0.3) is 21.5 Å². The third-order valence-electron chi connectivity index (χ3n) is 9.32. The van der Waals surface area contributed by atoms with Gasteiger partial charge in [-0.05, 0) is 84.2 Å². The largest absolute Gasteiger partial charge is 0.505 e. The van der Waals surface area contributed by atoms with E-state index in [0.717, 1.165) is 42.1 Å². The van der Waals surface area contributed by atoms with Gasteiger partial charge in [0.05, 0.1) is 47.3 Å². The SMILES string of the molecule is COc1cc(N=Nc2ccc(N=Nc3cc(C(=O)O)cc(C(=O)O)c3)c3ccc(S(=O)(=O)O)cc23)c(OC)cc1N=Nc1c(S(=O)(=O)O)cc2cc(Nc3ccccc3)ccc2c1O. The second-order valence-electron chi connectivity index (χ2n) is 13.4. The van der Waals surface area contributed by atoms with Crippen molar-refractivity contribution >= 4 is 99.2 Å². The van der Waals surface area contributed by atoms with Crippen LogP contribution in [0.2, 0.25) is 0 Å². The van der Waals surface area contributed by atoms with Crippen molar-refractivity contribution < 1.29 is 60.3 Å². The van der Waals surface area contributed by atoms with E-state index in [1.165, 1.54) is 50.6 Å². The number of anilines is 2. The van der Waals surface area contributed by atoms with Gasteiger partial charge in [0.1, 0.15) is 33.5 Å². The number of ether oxygens (including phenoxy) is 2. The number of para-hydroxylation sites is 1. The molecule has 0 saturated heterocycles. The Morgan fingerprint density at radius 2 is 1.11 bits per heavy atom. The quantitative estimate of drug-likeness (QED) is 0.0437. The second-order valence-corrected chi connectivity index (χ2v) is 16.2. The maximum atomic E-state index is 12.6. The standard InChI is InChI=1S/C42H31N7O13S2/c1-61-36-21-35(48-49-39-38(64(58,59)60)18-22-15-26(8-10-29(22)40(39)50)43-25-6-4-3-5-7-25)37(62-2)20-34(36)47-46-33-13-12-32(30-11-9-28(19-31(30)33)63(55,56)57)45-44-27-16-23(41(51)52)14-24(17-27)42(53)54/h3-21,43,50H,1-2H3,(H,51,52)(H,53,54)(H,55,56,57)(H,58,59,60). The number of azo groups is 3. The van der Waals surface area contributed by atoms with Gasteiger partial charge in [-0.3, -0.25) is 9.11 Å². The van der Waals surface area contributed by atoms with Crippen molar-refractivity contribution in [3.63, 3.8) is 0 Å². The number of methoxy groups -OCH3 is 2. The summed E-state index contributed by atoms with van der Waals surface area (Å²) in [5.41, 5.74) is 0.122. The molecule has 0 heterocycles. The minimum Gasteiger partial charge on any atom is -0.505 e. The van der Waals surface area contributed by atoms with Crippen LogP contribution in [0.4, 0.5) is 45.5 Å². The lowest BCUT2D eigenvalue weighted by atomic mass is 10.1. The van der Waals surface area contributed by atoms with Gasteiger partial charge in [0.2, 0.25) is 0 Å². The average Bonchev–Trinajstić information content (AvgIpc) is 3.26. The Hall–Kier alpha value is -8.18. The third kappa shape index (κ3) is 9.49. The summed E-state index contributed by atoms with van der Waals surface area (Å²) in [5, 5.41) is 59.0. The van der Waals surface area contributed by atoms with E-state index >= 15 is 0 Å². The normalized spacial score (nSPS) is 12.1. The van der Waals surface area contributed by atoms with E-state index in [9.17, 15) is 50.8 Å². The smallest absolute Gasteiger partial charge is 0.335 e. The maximum Gasteiger partial charge on any atom is 0.335 e. The molecule has 22 heteroatoms. The van der Waals surface area contributed by atoms with E-state index in [2.05, 4.69) is 36.0 Å². The van der Waals surface area contributed by atoms with Crippen molar-refractivity contribution in [2.75, 3.05) is 19.5 Å². The van der Waals surface area contributed by atoms with Gasteiger partial charge in [0, 0.05) is 39.7 Å². The molecule has 0 amide bonds. The number of hydrogen-bond acceptors (Lipinski definition) is 16. The Morgan fingerprint density at radius 1 is 0.547 bits per heavy atom. The Labute approximate surface area is 362 Å². The summed E-state index contributed by atoms with van der Waals surface area (Å²) in [4.78, 5) is 21.9. The summed E-state index contributed by atoms with van der Waals surface area (Å²) in [6.07, 6.45) is 0. The number of hydrogen-bond donors (Lipinski definition) is 6. The molecule has 0 aliphatic heterocycles. The Kier molecular flexibility index (Phi) is 12.1. The monoisotopic (exact) mass is 905 g/mol. The van der Waals surface area contributed by atoms with Gasteiger partial charge >= 0.3 is 11.9 Å². The number of carboxylic acid groups (broad SMARTS) is 2. The maximum absolute atomic E-state index is 12.6. The zero-order chi connectivity index (χ0) is 45.9. The average molecular weight is 906 g/mol. The molecular weight excluding hydrogens is 875 g/mol. The van der Waals surface area contributed by atoms with Crippen molar-refractivity contribution in [2.45, 2.75) is 9.79 Å². The third-order valence-corrected chi connectivity index (χ3v) is 11.0. The summed E-state index contributed by atoms with van der Waals surface area (Å²) in [5.74, 6) is -3.34. The van der Waals surface area contributed by atoms with Crippen LogP contribution in [0.1, 0.15) is 20.7 Å². The van der Waals surface area contributed by atoms with Crippen molar-refractivity contribution in [1.29, 1.82) is 0 Å². The summed E-state index contributed by atoms with van der Waals surface area (Å²) >= 11 is 0. The van der Waals surface area contributed by atoms with Gasteiger partial charge in [-0.1, -0.05) is 24.3 Å². The molecule has 0 radical (unpaired) electrons. The molecule has 0 aromatic heterocycles. The number of phenols is 1. The van der Waals surface area contributed by atoms with Crippen molar-refractivity contribution in [3.05, 3.63) is 126 Å². The summed E-state index contributed by atoms with van der Waals surface area (Å²) in [6.45, 7) is 0. The zero-order valence-electron chi connectivity index (χ0n) is 33.0. The summed E-state index contributed by atoms with van der Waals surface area (Å²) in [6, 6.07) is 27.2.